The topological polar surface area (TPSA) is 23.1 Å². The molecule has 0 saturated carbocycles. The molecule has 0 aliphatic rings. The van der Waals surface area contributed by atoms with Crippen LogP contribution in [0.25, 0.3) is 0 Å². The van der Waals surface area contributed by atoms with Crippen LogP contribution in [0.15, 0.2) is 0 Å². The van der Waals surface area contributed by atoms with Crippen LogP contribution in [0.2, 0.25) is 0 Å². The van der Waals surface area contributed by atoms with Crippen molar-refractivity contribution >= 4 is 0 Å². The Balaban J connectivity index is 3.88. The zero-order valence-electron chi connectivity index (χ0n) is 8.18. The minimum Gasteiger partial charge on any atom is -0.274 e. The summed E-state index contributed by atoms with van der Waals surface area (Å²) in [6.45, 7) is 9.52. The fourth-order valence-corrected chi connectivity index (χ4v) is 1.19. The third-order valence-corrected chi connectivity index (χ3v) is 1.75. The van der Waals surface area contributed by atoms with Gasteiger partial charge in [-0.2, -0.15) is 0 Å². The maximum Gasteiger partial charge on any atom is 0.151 e. The second kappa shape index (κ2) is 4.73. The van der Waals surface area contributed by atoms with Gasteiger partial charge in [-0.1, -0.05) is 13.8 Å². The van der Waals surface area contributed by atoms with Gasteiger partial charge in [0.1, 0.15) is 0 Å². The van der Waals surface area contributed by atoms with Gasteiger partial charge in [0.25, 0.3) is 0 Å². The van der Waals surface area contributed by atoms with Crippen molar-refractivity contribution in [1.82, 2.24) is 4.90 Å². The highest BCUT2D eigenvalue weighted by atomic mass is 16.3. The Morgan fingerprint density at radius 3 is 1.64 bits per heavy atom. The van der Waals surface area contributed by atoms with Gasteiger partial charge in [0.2, 0.25) is 0 Å². The van der Waals surface area contributed by atoms with Gasteiger partial charge >= 0.3 is 0 Å². The zero-order chi connectivity index (χ0) is 8.91. The molecule has 0 amide bonds. The van der Waals surface area contributed by atoms with Crippen LogP contribution >= 0.6 is 0 Å². The first kappa shape index (κ1) is 10.9. The molecule has 0 bridgehead atoms. The number of hydrogen-bond donors (Lipinski definition) is 0. The van der Waals surface area contributed by atoms with Crippen molar-refractivity contribution in [2.75, 3.05) is 13.1 Å². The van der Waals surface area contributed by atoms with Crippen LogP contribution < -0.4 is 0 Å². The van der Waals surface area contributed by atoms with E-state index in [1.54, 1.807) is 13.8 Å². The summed E-state index contributed by atoms with van der Waals surface area (Å²) < 4.78 is 0. The maximum atomic E-state index is 11.5. The Labute approximate surface area is 70.2 Å². The van der Waals surface area contributed by atoms with Crippen molar-refractivity contribution in [2.45, 2.75) is 46.3 Å². The van der Waals surface area contributed by atoms with Gasteiger partial charge in [-0.05, 0) is 26.7 Å². The molecule has 2 nitrogen and oxygen atoms in total. The van der Waals surface area contributed by atoms with Crippen molar-refractivity contribution in [2.24, 2.45) is 0 Å². The smallest absolute Gasteiger partial charge is 0.151 e. The average molecular weight is 158 g/mol. The Hall–Kier alpha value is -0.0800. The van der Waals surface area contributed by atoms with Crippen molar-refractivity contribution in [3.8, 4) is 0 Å². The van der Waals surface area contributed by atoms with E-state index in [2.05, 4.69) is 13.8 Å². The fraction of sp³-hybridized carbons (Fsp3) is 1.00. The lowest BCUT2D eigenvalue weighted by Crippen LogP contribution is -2.43. The Bertz CT molecular complexity index is 90.2. The molecule has 0 aliphatic heterocycles. The normalized spacial score (nSPS) is 12.5. The molecule has 0 aromatic carbocycles. The van der Waals surface area contributed by atoms with Crippen LogP contribution in [0.4, 0.5) is 0 Å². The molecule has 0 fully saturated rings. The van der Waals surface area contributed by atoms with Gasteiger partial charge in [0.15, 0.2) is 5.72 Å². The van der Waals surface area contributed by atoms with Gasteiger partial charge in [0, 0.05) is 13.1 Å². The fourth-order valence-electron chi connectivity index (χ4n) is 1.19. The van der Waals surface area contributed by atoms with E-state index in [1.807, 2.05) is 4.90 Å². The summed E-state index contributed by atoms with van der Waals surface area (Å²) in [6, 6.07) is 0. The van der Waals surface area contributed by atoms with E-state index >= 15 is 0 Å². The summed E-state index contributed by atoms with van der Waals surface area (Å²) in [7, 11) is 0. The summed E-state index contributed by atoms with van der Waals surface area (Å²) in [5.74, 6) is 0. The van der Waals surface area contributed by atoms with Crippen LogP contribution in [0, 0.1) is 0 Å². The van der Waals surface area contributed by atoms with E-state index in [0.717, 1.165) is 25.9 Å². The molecule has 1 radical (unpaired) electrons. The van der Waals surface area contributed by atoms with Crippen LogP contribution in [-0.2, 0) is 5.11 Å². The van der Waals surface area contributed by atoms with Crippen molar-refractivity contribution < 1.29 is 5.11 Å². The molecule has 0 saturated heterocycles. The molecule has 0 rings (SSSR count). The standard InChI is InChI=1S/C9H20NO/c1-5-7-10(8-6-2)9(3,4)11/h5-8H2,1-4H3. The minimum absolute atomic E-state index is 0.897. The quantitative estimate of drug-likeness (QED) is 0.563. The van der Waals surface area contributed by atoms with E-state index in [1.165, 1.54) is 0 Å². The molecular weight excluding hydrogens is 138 g/mol. The molecule has 0 aliphatic carbocycles. The Morgan fingerprint density at radius 1 is 1.09 bits per heavy atom. The molecule has 0 heterocycles. The molecular formula is C9H20NO. The Morgan fingerprint density at radius 2 is 1.45 bits per heavy atom. The number of nitrogens with zero attached hydrogens (tertiary/aromatic N) is 1. The second-order valence-electron chi connectivity index (χ2n) is 3.43. The average Bonchev–Trinajstić information content (AvgIpc) is 1.85. The van der Waals surface area contributed by atoms with Gasteiger partial charge < -0.3 is 0 Å². The molecule has 11 heavy (non-hydrogen) atoms. The van der Waals surface area contributed by atoms with E-state index in [4.69, 9.17) is 0 Å². The van der Waals surface area contributed by atoms with Crippen LogP contribution in [0.3, 0.4) is 0 Å². The van der Waals surface area contributed by atoms with Crippen molar-refractivity contribution in [1.29, 1.82) is 0 Å². The van der Waals surface area contributed by atoms with E-state index in [9.17, 15) is 5.11 Å². The number of rotatable bonds is 5. The zero-order valence-corrected chi connectivity index (χ0v) is 8.18. The van der Waals surface area contributed by atoms with Gasteiger partial charge in [-0.15, -0.1) is 0 Å². The highest BCUT2D eigenvalue weighted by Gasteiger charge is 2.23. The Kier molecular flexibility index (Phi) is 4.69. The van der Waals surface area contributed by atoms with Crippen molar-refractivity contribution in [3.05, 3.63) is 0 Å². The lowest BCUT2D eigenvalue weighted by Gasteiger charge is -2.31. The van der Waals surface area contributed by atoms with Crippen molar-refractivity contribution in [3.63, 3.8) is 0 Å². The SMILES string of the molecule is CCCN(CCC)C(C)(C)[O]. The lowest BCUT2D eigenvalue weighted by molar-refractivity contribution is -0.127. The monoisotopic (exact) mass is 158 g/mol. The van der Waals surface area contributed by atoms with Crippen LogP contribution in [0.1, 0.15) is 40.5 Å². The highest BCUT2D eigenvalue weighted by Crippen LogP contribution is 2.11. The molecule has 0 aromatic heterocycles. The molecule has 0 N–H and O–H groups in total. The highest BCUT2D eigenvalue weighted by molar-refractivity contribution is 4.67. The summed E-state index contributed by atoms with van der Waals surface area (Å²) in [6.07, 6.45) is 2.12. The molecule has 2 heteroatoms. The second-order valence-corrected chi connectivity index (χ2v) is 3.43. The number of hydrogen-bond acceptors (Lipinski definition) is 1. The van der Waals surface area contributed by atoms with Gasteiger partial charge in [-0.25, -0.2) is 5.11 Å². The molecule has 0 aromatic rings. The predicted molar refractivity (Wildman–Crippen MR) is 46.9 cm³/mol. The van der Waals surface area contributed by atoms with E-state index in [0.29, 0.717) is 0 Å². The molecule has 0 spiro atoms. The van der Waals surface area contributed by atoms with Crippen LogP contribution in [-0.4, -0.2) is 23.7 Å². The third-order valence-electron chi connectivity index (χ3n) is 1.75. The summed E-state index contributed by atoms with van der Waals surface area (Å²) in [4.78, 5) is 1.99. The largest absolute Gasteiger partial charge is 0.274 e. The lowest BCUT2D eigenvalue weighted by atomic mass is 10.2. The minimum atomic E-state index is -0.897. The van der Waals surface area contributed by atoms with E-state index in [-0.39, 0.29) is 0 Å². The van der Waals surface area contributed by atoms with Crippen LogP contribution in [0.5, 0.6) is 0 Å². The summed E-state index contributed by atoms with van der Waals surface area (Å²) in [5, 5.41) is 11.5. The first-order valence-electron chi connectivity index (χ1n) is 4.47. The molecule has 0 atom stereocenters. The first-order valence-corrected chi connectivity index (χ1v) is 4.47. The summed E-state index contributed by atoms with van der Waals surface area (Å²) in [5.41, 5.74) is -0.897. The third kappa shape index (κ3) is 4.38. The van der Waals surface area contributed by atoms with E-state index < -0.39 is 5.72 Å². The first-order chi connectivity index (χ1) is 5.02. The van der Waals surface area contributed by atoms with Gasteiger partial charge in [0.05, 0.1) is 0 Å². The molecule has 67 valence electrons. The summed E-state index contributed by atoms with van der Waals surface area (Å²) >= 11 is 0. The van der Waals surface area contributed by atoms with Gasteiger partial charge in [-0.3, -0.25) is 4.90 Å². The molecule has 0 unspecified atom stereocenters. The maximum absolute atomic E-state index is 11.5. The predicted octanol–water partition coefficient (Wildman–Crippen LogP) is 2.28.